The molecule has 3 N–H and O–H groups in total. The second-order valence-electron chi connectivity index (χ2n) is 5.52. The quantitative estimate of drug-likeness (QED) is 0.797. The predicted molar refractivity (Wildman–Crippen MR) is 93.9 cm³/mol. The summed E-state index contributed by atoms with van der Waals surface area (Å²) in [4.78, 5) is 23.6. The molecule has 0 saturated carbocycles. The van der Waals surface area contributed by atoms with Crippen LogP contribution in [0.25, 0.3) is 0 Å². The minimum absolute atomic E-state index is 0.110. The van der Waals surface area contributed by atoms with E-state index in [-0.39, 0.29) is 12.1 Å². The molecule has 2 aromatic rings. The van der Waals surface area contributed by atoms with Crippen molar-refractivity contribution in [3.05, 3.63) is 54.1 Å². The number of nitrogens with one attached hydrogen (secondary N) is 3. The van der Waals surface area contributed by atoms with Crippen molar-refractivity contribution in [2.24, 2.45) is 0 Å². The summed E-state index contributed by atoms with van der Waals surface area (Å²) in [5.41, 5.74) is 2.05. The smallest absolute Gasteiger partial charge is 0.411 e. The van der Waals surface area contributed by atoms with Gasteiger partial charge < -0.3 is 20.1 Å². The molecule has 0 fully saturated rings. The molecule has 7 heteroatoms. The molecule has 0 aliphatic carbocycles. The van der Waals surface area contributed by atoms with Gasteiger partial charge in [-0.2, -0.15) is 0 Å². The highest BCUT2D eigenvalue weighted by Crippen LogP contribution is 2.31. The van der Waals surface area contributed by atoms with Crippen molar-refractivity contribution in [3.8, 4) is 5.75 Å². The molecule has 3 rings (SSSR count). The molecule has 0 bridgehead atoms. The Bertz CT molecular complexity index is 778. The van der Waals surface area contributed by atoms with E-state index >= 15 is 0 Å². The summed E-state index contributed by atoms with van der Waals surface area (Å²) < 4.78 is 10.1. The molecule has 130 valence electrons. The monoisotopic (exact) mass is 341 g/mol. The van der Waals surface area contributed by atoms with Crippen LogP contribution < -0.4 is 20.7 Å². The number of amides is 3. The first-order valence-corrected chi connectivity index (χ1v) is 7.90. The molecule has 0 spiro atoms. The Balaban J connectivity index is 1.64. The third kappa shape index (κ3) is 4.20. The summed E-state index contributed by atoms with van der Waals surface area (Å²) >= 11 is 0. The van der Waals surface area contributed by atoms with Gasteiger partial charge in [-0.3, -0.25) is 5.32 Å². The molecular formula is C18H19N3O4. The number of anilines is 2. The first kappa shape index (κ1) is 16.6. The second kappa shape index (κ2) is 7.57. The zero-order chi connectivity index (χ0) is 17.6. The van der Waals surface area contributed by atoms with E-state index in [4.69, 9.17) is 4.74 Å². The lowest BCUT2D eigenvalue weighted by Crippen LogP contribution is -2.35. The standard InChI is InChI=1S/C18H19N3O4/c1-24-18(23)20-13-6-4-5-12(11-13)19-17(22)21-15-9-10-25-16-8-3-2-7-14(15)16/h2-8,11,15H,9-10H2,1H3,(H,20,23)(H2,19,21,22)/t15-/m1/s1. The summed E-state index contributed by atoms with van der Waals surface area (Å²) in [6, 6.07) is 14.0. The number of rotatable bonds is 3. The minimum Gasteiger partial charge on any atom is -0.493 e. The first-order valence-electron chi connectivity index (χ1n) is 7.90. The van der Waals surface area contributed by atoms with Gasteiger partial charge in [0.2, 0.25) is 0 Å². The lowest BCUT2D eigenvalue weighted by Gasteiger charge is -2.26. The third-order valence-electron chi connectivity index (χ3n) is 3.82. The van der Waals surface area contributed by atoms with Crippen molar-refractivity contribution in [3.63, 3.8) is 0 Å². The Hall–Kier alpha value is -3.22. The maximum Gasteiger partial charge on any atom is 0.411 e. The molecule has 1 aliphatic heterocycles. The summed E-state index contributed by atoms with van der Waals surface area (Å²) in [6.45, 7) is 0.556. The average Bonchev–Trinajstić information content (AvgIpc) is 2.62. The fraction of sp³-hybridized carbons (Fsp3) is 0.222. The van der Waals surface area contributed by atoms with Crippen LogP contribution in [0.4, 0.5) is 21.0 Å². The van der Waals surface area contributed by atoms with Crippen LogP contribution in [0.2, 0.25) is 0 Å². The van der Waals surface area contributed by atoms with Crippen LogP contribution in [0.3, 0.4) is 0 Å². The number of carbonyl (C=O) groups excluding carboxylic acids is 2. The predicted octanol–water partition coefficient (Wildman–Crippen LogP) is 3.51. The van der Waals surface area contributed by atoms with Gasteiger partial charge in [0.05, 0.1) is 19.8 Å². The highest BCUT2D eigenvalue weighted by molar-refractivity contribution is 5.91. The van der Waals surface area contributed by atoms with E-state index in [1.54, 1.807) is 24.3 Å². The van der Waals surface area contributed by atoms with Gasteiger partial charge in [0.1, 0.15) is 5.75 Å². The number of methoxy groups -OCH3 is 1. The summed E-state index contributed by atoms with van der Waals surface area (Å²) in [6.07, 6.45) is 0.134. The van der Waals surface area contributed by atoms with Crippen molar-refractivity contribution in [2.45, 2.75) is 12.5 Å². The van der Waals surface area contributed by atoms with E-state index in [0.717, 1.165) is 11.3 Å². The van der Waals surface area contributed by atoms with E-state index in [9.17, 15) is 9.59 Å². The van der Waals surface area contributed by atoms with Crippen LogP contribution in [-0.2, 0) is 4.74 Å². The third-order valence-corrected chi connectivity index (χ3v) is 3.82. The Labute approximate surface area is 145 Å². The van der Waals surface area contributed by atoms with Gasteiger partial charge in [-0.15, -0.1) is 0 Å². The summed E-state index contributed by atoms with van der Waals surface area (Å²) in [5, 5.41) is 8.27. The van der Waals surface area contributed by atoms with Crippen LogP contribution in [0, 0.1) is 0 Å². The van der Waals surface area contributed by atoms with Gasteiger partial charge in [-0.05, 0) is 24.3 Å². The Morgan fingerprint density at radius 1 is 1.08 bits per heavy atom. The molecule has 7 nitrogen and oxygen atoms in total. The Kier molecular flexibility index (Phi) is 5.03. The highest BCUT2D eigenvalue weighted by Gasteiger charge is 2.22. The lowest BCUT2D eigenvalue weighted by atomic mass is 10.0. The van der Waals surface area contributed by atoms with Crippen LogP contribution >= 0.6 is 0 Å². The fourth-order valence-electron chi connectivity index (χ4n) is 2.66. The SMILES string of the molecule is COC(=O)Nc1cccc(NC(=O)N[C@@H]2CCOc3ccccc32)c1. The average molecular weight is 341 g/mol. The molecule has 1 heterocycles. The molecule has 0 saturated heterocycles. The first-order chi connectivity index (χ1) is 12.2. The number of benzene rings is 2. The van der Waals surface area contributed by atoms with Crippen LogP contribution in [0.15, 0.2) is 48.5 Å². The molecule has 0 unspecified atom stereocenters. The molecule has 25 heavy (non-hydrogen) atoms. The summed E-state index contributed by atoms with van der Waals surface area (Å²) in [7, 11) is 1.29. The molecule has 1 aliphatic rings. The van der Waals surface area contributed by atoms with Gasteiger partial charge in [-0.1, -0.05) is 24.3 Å². The molecule has 1 atom stereocenters. The zero-order valence-corrected chi connectivity index (χ0v) is 13.7. The van der Waals surface area contributed by atoms with Crippen molar-refractivity contribution in [1.82, 2.24) is 5.32 Å². The van der Waals surface area contributed by atoms with Crippen molar-refractivity contribution in [1.29, 1.82) is 0 Å². The van der Waals surface area contributed by atoms with Crippen molar-refractivity contribution < 1.29 is 19.1 Å². The van der Waals surface area contributed by atoms with Crippen molar-refractivity contribution in [2.75, 3.05) is 24.4 Å². The van der Waals surface area contributed by atoms with Gasteiger partial charge >= 0.3 is 12.1 Å². The number of fused-ring (bicyclic) bond motifs is 1. The van der Waals surface area contributed by atoms with Gasteiger partial charge in [-0.25, -0.2) is 9.59 Å². The molecule has 2 aromatic carbocycles. The van der Waals surface area contributed by atoms with E-state index in [0.29, 0.717) is 24.4 Å². The summed E-state index contributed by atoms with van der Waals surface area (Å²) in [5.74, 6) is 0.795. The normalized spacial score (nSPS) is 15.3. The molecule has 3 amide bonds. The molecular weight excluding hydrogens is 322 g/mol. The lowest BCUT2D eigenvalue weighted by molar-refractivity contribution is 0.187. The molecule has 0 radical (unpaired) electrons. The second-order valence-corrected chi connectivity index (χ2v) is 5.52. The van der Waals surface area contributed by atoms with Crippen LogP contribution in [0.1, 0.15) is 18.0 Å². The van der Waals surface area contributed by atoms with E-state index in [2.05, 4.69) is 20.7 Å². The van der Waals surface area contributed by atoms with Crippen LogP contribution in [-0.4, -0.2) is 25.8 Å². The number of para-hydroxylation sites is 1. The number of carbonyl (C=O) groups is 2. The molecule has 0 aromatic heterocycles. The number of ether oxygens (including phenoxy) is 2. The fourth-order valence-corrected chi connectivity index (χ4v) is 2.66. The number of hydrogen-bond donors (Lipinski definition) is 3. The van der Waals surface area contributed by atoms with E-state index < -0.39 is 6.09 Å². The topological polar surface area (TPSA) is 88.7 Å². The maximum absolute atomic E-state index is 12.3. The Morgan fingerprint density at radius 3 is 2.64 bits per heavy atom. The van der Waals surface area contributed by atoms with E-state index in [1.165, 1.54) is 7.11 Å². The number of urea groups is 1. The zero-order valence-electron chi connectivity index (χ0n) is 13.7. The highest BCUT2D eigenvalue weighted by atomic mass is 16.5. The van der Waals surface area contributed by atoms with Crippen molar-refractivity contribution >= 4 is 23.5 Å². The minimum atomic E-state index is -0.569. The number of hydrogen-bond acceptors (Lipinski definition) is 4. The van der Waals surface area contributed by atoms with E-state index in [1.807, 2.05) is 24.3 Å². The van der Waals surface area contributed by atoms with Gasteiger partial charge in [0.25, 0.3) is 0 Å². The van der Waals surface area contributed by atoms with Gasteiger partial charge in [0, 0.05) is 23.4 Å². The Morgan fingerprint density at radius 2 is 1.84 bits per heavy atom. The largest absolute Gasteiger partial charge is 0.493 e. The van der Waals surface area contributed by atoms with Gasteiger partial charge in [0.15, 0.2) is 0 Å². The van der Waals surface area contributed by atoms with Crippen LogP contribution in [0.5, 0.6) is 5.75 Å². The maximum atomic E-state index is 12.3.